The molecule has 0 unspecified atom stereocenters. The molecule has 4 rings (SSSR count). The molecule has 0 aromatic heterocycles. The first-order chi connectivity index (χ1) is 21.1. The van der Waals surface area contributed by atoms with Gasteiger partial charge in [0.05, 0.1) is 12.6 Å². The summed E-state index contributed by atoms with van der Waals surface area (Å²) in [7, 11) is 0. The molecule has 0 aliphatic heterocycles. The average Bonchev–Trinajstić information content (AvgIpc) is 3.08. The number of hydrogen-bond acceptors (Lipinski definition) is 2. The van der Waals surface area contributed by atoms with Crippen molar-refractivity contribution in [2.24, 2.45) is 0 Å². The summed E-state index contributed by atoms with van der Waals surface area (Å²) < 4.78 is 4.64. The third kappa shape index (κ3) is 14.0. The zero-order valence-corrected chi connectivity index (χ0v) is 29.0. The van der Waals surface area contributed by atoms with Gasteiger partial charge in [0.2, 0.25) is 0 Å². The Balaban J connectivity index is 0.000000460. The van der Waals surface area contributed by atoms with E-state index in [9.17, 15) is 9.59 Å². The summed E-state index contributed by atoms with van der Waals surface area (Å²) in [5.74, 6) is 0. The fourth-order valence-corrected chi connectivity index (χ4v) is 4.43. The Morgan fingerprint density at radius 3 is 1.07 bits per heavy atom. The van der Waals surface area contributed by atoms with Crippen LogP contribution in [0.3, 0.4) is 0 Å². The van der Waals surface area contributed by atoms with Crippen LogP contribution in [0.4, 0.5) is 11.4 Å². The largest absolute Gasteiger partial charge is 3.00 e. The molecule has 229 valence electrons. The van der Waals surface area contributed by atoms with Crippen LogP contribution in [0.15, 0.2) is 97.1 Å². The van der Waals surface area contributed by atoms with Crippen molar-refractivity contribution < 1.29 is 40.5 Å². The van der Waals surface area contributed by atoms with E-state index in [1.165, 1.54) is 33.6 Å². The first-order valence-corrected chi connectivity index (χ1v) is 15.2. The molecule has 0 aliphatic rings. The minimum absolute atomic E-state index is 0. The Bertz CT molecular complexity index is 1180. The molecule has 0 saturated heterocycles. The molecule has 0 amide bonds. The molecule has 6 heteroatoms. The van der Waals surface area contributed by atoms with Crippen LogP contribution in [0.2, 0.25) is 0 Å². The van der Waals surface area contributed by atoms with Gasteiger partial charge < -0.3 is 25.0 Å². The number of aliphatic hydroxyl groups is 2. The summed E-state index contributed by atoms with van der Waals surface area (Å²) in [5, 5.41) is 9.67. The van der Waals surface area contributed by atoms with E-state index in [4.69, 9.17) is 10.6 Å². The van der Waals surface area contributed by atoms with E-state index in [1.54, 1.807) is 61.1 Å². The number of para-hydroxylation sites is 2. The van der Waals surface area contributed by atoms with Crippen molar-refractivity contribution in [1.29, 1.82) is 0 Å². The third-order valence-corrected chi connectivity index (χ3v) is 6.77. The van der Waals surface area contributed by atoms with Crippen molar-refractivity contribution in [1.82, 2.24) is 0 Å². The number of benzene rings is 4. The minimum atomic E-state index is 0. The summed E-state index contributed by atoms with van der Waals surface area (Å²) in [6.07, 6.45) is 7.66. The second-order valence-electron chi connectivity index (χ2n) is 9.63. The third-order valence-electron chi connectivity index (χ3n) is 6.77. The smallest absolute Gasteiger partial charge is 0.678 e. The Morgan fingerprint density at radius 1 is 0.500 bits per heavy atom. The van der Waals surface area contributed by atoms with Gasteiger partial charge in [0, 0.05) is 0 Å². The topological polar surface area (TPSA) is 75.1 Å². The molecular formula is C38H45N2O3Zr. The summed E-state index contributed by atoms with van der Waals surface area (Å²) in [5.41, 5.74) is 8.94. The van der Waals surface area contributed by atoms with Crippen molar-refractivity contribution in [3.05, 3.63) is 141 Å². The molecule has 4 aromatic rings. The fraction of sp³-hybridized carbons (Fsp3) is 0.316. The van der Waals surface area contributed by atoms with Crippen molar-refractivity contribution in [2.75, 3.05) is 26.3 Å². The van der Waals surface area contributed by atoms with Crippen LogP contribution in [-0.4, -0.2) is 43.6 Å². The molecule has 0 heterocycles. The average molecular weight is 669 g/mol. The van der Waals surface area contributed by atoms with E-state index in [2.05, 4.69) is 68.8 Å². The number of ether oxygens (including phenoxy) is 1. The van der Waals surface area contributed by atoms with Crippen molar-refractivity contribution >= 4 is 23.9 Å². The van der Waals surface area contributed by atoms with Crippen molar-refractivity contribution in [3.8, 4) is 0 Å². The summed E-state index contributed by atoms with van der Waals surface area (Å²) in [4.78, 5) is 19.8. The van der Waals surface area contributed by atoms with Gasteiger partial charge in [-0.25, -0.2) is 0 Å². The quantitative estimate of drug-likeness (QED) is 0.0768. The SMILES string of the molecule is CCc1cccc(CC)c1[N-]CC[OH+]CC[N-]c1c(CC)cccc1CC.O=[C-]c1ccccc1.O=[C-]c1ccccc1.[Zr+3]. The summed E-state index contributed by atoms with van der Waals surface area (Å²) in [6, 6.07) is 30.8. The Hall–Kier alpha value is -3.34. The number of nitrogens with zero attached hydrogens (tertiary/aromatic N) is 2. The van der Waals surface area contributed by atoms with Gasteiger partial charge in [-0.15, -0.1) is 35.6 Å². The maximum atomic E-state index is 9.88. The molecule has 1 radical (unpaired) electrons. The minimum Gasteiger partial charge on any atom is -0.678 e. The number of carbonyl (C=O) groups excluding carboxylic acids is 2. The Labute approximate surface area is 284 Å². The zero-order chi connectivity index (χ0) is 31.1. The van der Waals surface area contributed by atoms with E-state index in [-0.39, 0.29) is 26.2 Å². The Kier molecular flexibility index (Phi) is 21.1. The molecule has 0 fully saturated rings. The van der Waals surface area contributed by atoms with Gasteiger partial charge in [0.25, 0.3) is 0 Å². The van der Waals surface area contributed by atoms with E-state index in [0.29, 0.717) is 11.1 Å². The second-order valence-corrected chi connectivity index (χ2v) is 9.63. The van der Waals surface area contributed by atoms with Gasteiger partial charge in [-0.3, -0.25) is 0 Å². The molecular weight excluding hydrogens is 624 g/mol. The normalized spacial score (nSPS) is 9.73. The molecule has 0 bridgehead atoms. The predicted molar refractivity (Wildman–Crippen MR) is 181 cm³/mol. The summed E-state index contributed by atoms with van der Waals surface area (Å²) >= 11 is 0. The van der Waals surface area contributed by atoms with Crippen LogP contribution in [0.1, 0.15) is 61.1 Å². The molecule has 5 nitrogen and oxygen atoms in total. The molecule has 0 atom stereocenters. The van der Waals surface area contributed by atoms with Crippen LogP contribution < -0.4 is 0 Å². The van der Waals surface area contributed by atoms with Crippen LogP contribution in [0.5, 0.6) is 0 Å². The zero-order valence-electron chi connectivity index (χ0n) is 26.6. The van der Waals surface area contributed by atoms with E-state index in [0.717, 1.165) is 52.0 Å². The maximum absolute atomic E-state index is 9.88. The van der Waals surface area contributed by atoms with Gasteiger partial charge in [0.15, 0.2) is 0 Å². The first kappa shape index (κ1) is 38.7. The summed E-state index contributed by atoms with van der Waals surface area (Å²) in [6.45, 7) is 11.8. The number of aryl methyl sites for hydroxylation is 4. The van der Waals surface area contributed by atoms with Crippen molar-refractivity contribution in [3.63, 3.8) is 0 Å². The molecule has 0 spiro atoms. The van der Waals surface area contributed by atoms with Gasteiger partial charge in [-0.2, -0.15) is 35.4 Å². The van der Waals surface area contributed by atoms with Crippen LogP contribution in [0, 0.1) is 0 Å². The van der Waals surface area contributed by atoms with Crippen molar-refractivity contribution in [2.45, 2.75) is 53.4 Å². The molecule has 1 N–H and O–H groups in total. The Morgan fingerprint density at radius 2 is 0.818 bits per heavy atom. The standard InChI is InChI=1S/C24H34N2O.2C7H5O.Zr/c1-5-19-11-9-12-20(6-2)23(19)25-15-17-27-18-16-26-24-21(7-3)13-10-14-22(24)8-4;2*8-6-7-4-2-1-3-5-7;/h9-14H,5-8,15-18H2,1-4H3;2*1-5H;/q-2;2*-1;+3/p+1. The van der Waals surface area contributed by atoms with E-state index < -0.39 is 0 Å². The monoisotopic (exact) mass is 667 g/mol. The van der Waals surface area contributed by atoms with E-state index >= 15 is 0 Å². The molecule has 4 aromatic carbocycles. The van der Waals surface area contributed by atoms with E-state index in [1.807, 2.05) is 12.1 Å². The van der Waals surface area contributed by atoms with Gasteiger partial charge in [0.1, 0.15) is 13.2 Å². The molecule has 0 saturated carbocycles. The maximum Gasteiger partial charge on any atom is 3.00 e. The van der Waals surface area contributed by atoms with Gasteiger partial charge >= 0.3 is 26.2 Å². The second kappa shape index (κ2) is 24.0. The number of rotatable bonds is 14. The fourth-order valence-electron chi connectivity index (χ4n) is 4.43. The van der Waals surface area contributed by atoms with Crippen LogP contribution >= 0.6 is 0 Å². The van der Waals surface area contributed by atoms with Gasteiger partial charge in [-0.1, -0.05) is 112 Å². The van der Waals surface area contributed by atoms with Crippen LogP contribution in [-0.2, 0) is 61.5 Å². The van der Waals surface area contributed by atoms with Gasteiger partial charge in [-0.05, 0) is 25.7 Å². The molecule has 44 heavy (non-hydrogen) atoms. The molecule has 0 aliphatic carbocycles. The number of hydrogen-bond donors (Lipinski definition) is 0. The predicted octanol–water partition coefficient (Wildman–Crippen LogP) is 8.46. The van der Waals surface area contributed by atoms with Crippen LogP contribution in [0.25, 0.3) is 10.6 Å². The first-order valence-electron chi connectivity index (χ1n) is 15.2.